The van der Waals surface area contributed by atoms with Gasteiger partial charge >= 0.3 is 0 Å². The lowest BCUT2D eigenvalue weighted by atomic mass is 10.1. The molecule has 1 heterocycles. The van der Waals surface area contributed by atoms with Crippen LogP contribution in [0.2, 0.25) is 0 Å². The average molecular weight is 249 g/mol. The highest BCUT2D eigenvalue weighted by Gasteiger charge is 2.18. The topological polar surface area (TPSA) is 21.6 Å². The van der Waals surface area contributed by atoms with E-state index in [9.17, 15) is 0 Å². The van der Waals surface area contributed by atoms with Crippen LogP contribution in [0.3, 0.4) is 0 Å². The van der Waals surface area contributed by atoms with Gasteiger partial charge in [-0.05, 0) is 37.1 Å². The number of hydrogen-bond donors (Lipinski definition) is 0. The van der Waals surface area contributed by atoms with Gasteiger partial charge in [-0.3, -0.25) is 4.99 Å². The first-order valence-corrected chi connectivity index (χ1v) is 7.03. The molecule has 0 spiro atoms. The van der Waals surface area contributed by atoms with Gasteiger partial charge in [0.2, 0.25) is 0 Å². The molecular weight excluding hydrogens is 230 g/mol. The van der Waals surface area contributed by atoms with Gasteiger partial charge < -0.3 is 4.74 Å². The predicted octanol–water partition coefficient (Wildman–Crippen LogP) is 3.67. The van der Waals surface area contributed by atoms with E-state index in [-0.39, 0.29) is 0 Å². The number of thioether (sulfide) groups is 1. The van der Waals surface area contributed by atoms with E-state index in [1.54, 1.807) is 0 Å². The number of rotatable bonds is 4. The highest BCUT2D eigenvalue weighted by molar-refractivity contribution is 8.15. The van der Waals surface area contributed by atoms with Gasteiger partial charge in [-0.1, -0.05) is 13.8 Å². The minimum absolute atomic E-state index is 0.611. The molecule has 1 aliphatic heterocycles. The number of hydrogen-bond acceptors (Lipinski definition) is 3. The Morgan fingerprint density at radius 3 is 2.88 bits per heavy atom. The van der Waals surface area contributed by atoms with Crippen molar-refractivity contribution in [2.45, 2.75) is 32.4 Å². The van der Waals surface area contributed by atoms with Gasteiger partial charge in [0.25, 0.3) is 0 Å². The van der Waals surface area contributed by atoms with Crippen molar-refractivity contribution < 1.29 is 4.74 Å². The summed E-state index contributed by atoms with van der Waals surface area (Å²) in [4.78, 5) is 4.58. The molecule has 3 heteroatoms. The Balaban J connectivity index is 2.14. The Labute approximate surface area is 107 Å². The van der Waals surface area contributed by atoms with Gasteiger partial charge in [0.15, 0.2) is 0 Å². The van der Waals surface area contributed by atoms with Crippen LogP contribution in [0.15, 0.2) is 23.2 Å². The summed E-state index contributed by atoms with van der Waals surface area (Å²) in [6.07, 6.45) is 1.04. The maximum Gasteiger partial charge on any atom is 0.119 e. The normalized spacial score (nSPS) is 19.2. The molecular formula is C14H19NOS. The minimum atomic E-state index is 0.611. The molecule has 0 saturated heterocycles. The molecule has 1 aliphatic rings. The molecule has 1 aromatic rings. The predicted molar refractivity (Wildman–Crippen MR) is 75.4 cm³/mol. The minimum Gasteiger partial charge on any atom is -0.494 e. The van der Waals surface area contributed by atoms with E-state index < -0.39 is 0 Å². The lowest BCUT2D eigenvalue weighted by Crippen LogP contribution is -2.00. The number of aryl methyl sites for hydroxylation is 1. The monoisotopic (exact) mass is 249 g/mol. The van der Waals surface area contributed by atoms with Crippen LogP contribution in [0.4, 0.5) is 0 Å². The number of benzene rings is 1. The Kier molecular flexibility index (Phi) is 4.11. The zero-order valence-electron chi connectivity index (χ0n) is 10.7. The summed E-state index contributed by atoms with van der Waals surface area (Å²) in [5.74, 6) is 0.963. The van der Waals surface area contributed by atoms with Crippen molar-refractivity contribution in [2.75, 3.05) is 13.2 Å². The van der Waals surface area contributed by atoms with Crippen LogP contribution >= 0.6 is 11.8 Å². The second-order valence-corrected chi connectivity index (χ2v) is 5.83. The maximum absolute atomic E-state index is 5.63. The van der Waals surface area contributed by atoms with Crippen molar-refractivity contribution in [1.29, 1.82) is 0 Å². The van der Waals surface area contributed by atoms with Gasteiger partial charge in [0, 0.05) is 10.8 Å². The van der Waals surface area contributed by atoms with E-state index in [2.05, 4.69) is 37.9 Å². The second kappa shape index (κ2) is 5.58. The molecule has 1 unspecified atom stereocenters. The summed E-state index contributed by atoms with van der Waals surface area (Å²) in [5, 5.41) is 1.79. The van der Waals surface area contributed by atoms with Crippen molar-refractivity contribution >= 4 is 16.8 Å². The lowest BCUT2D eigenvalue weighted by Gasteiger charge is -2.09. The zero-order valence-corrected chi connectivity index (χ0v) is 11.5. The molecule has 0 aliphatic carbocycles. The Morgan fingerprint density at radius 2 is 2.29 bits per heavy atom. The molecule has 92 valence electrons. The van der Waals surface area contributed by atoms with Crippen LogP contribution < -0.4 is 4.74 Å². The molecule has 0 radical (unpaired) electrons. The van der Waals surface area contributed by atoms with E-state index in [0.717, 1.165) is 25.3 Å². The van der Waals surface area contributed by atoms with Crippen LogP contribution in [-0.2, 0) is 0 Å². The van der Waals surface area contributed by atoms with Crippen molar-refractivity contribution in [1.82, 2.24) is 0 Å². The summed E-state index contributed by atoms with van der Waals surface area (Å²) < 4.78 is 5.63. The molecule has 0 fully saturated rings. The van der Waals surface area contributed by atoms with E-state index in [1.807, 2.05) is 17.8 Å². The highest BCUT2D eigenvalue weighted by atomic mass is 32.2. The first kappa shape index (κ1) is 12.5. The number of nitrogens with zero attached hydrogens (tertiary/aromatic N) is 1. The lowest BCUT2D eigenvalue weighted by molar-refractivity contribution is 0.317. The van der Waals surface area contributed by atoms with Crippen LogP contribution in [0.5, 0.6) is 5.75 Å². The fraction of sp³-hybridized carbons (Fsp3) is 0.500. The molecule has 17 heavy (non-hydrogen) atoms. The van der Waals surface area contributed by atoms with Gasteiger partial charge in [0.05, 0.1) is 18.2 Å². The van der Waals surface area contributed by atoms with Crippen molar-refractivity contribution in [3.8, 4) is 5.75 Å². The summed E-state index contributed by atoms with van der Waals surface area (Å²) in [5.41, 5.74) is 2.50. The second-order valence-electron chi connectivity index (χ2n) is 4.40. The van der Waals surface area contributed by atoms with Gasteiger partial charge in [-0.25, -0.2) is 0 Å². The third-order valence-electron chi connectivity index (χ3n) is 2.71. The number of ether oxygens (including phenoxy) is 1. The summed E-state index contributed by atoms with van der Waals surface area (Å²) >= 11 is 1.87. The van der Waals surface area contributed by atoms with E-state index in [1.165, 1.54) is 16.2 Å². The Hall–Kier alpha value is -0.960. The fourth-order valence-electron chi connectivity index (χ4n) is 1.81. The van der Waals surface area contributed by atoms with E-state index in [0.29, 0.717) is 5.25 Å². The summed E-state index contributed by atoms with van der Waals surface area (Å²) in [6, 6.07) is 6.28. The van der Waals surface area contributed by atoms with E-state index >= 15 is 0 Å². The molecule has 1 aromatic carbocycles. The molecule has 0 aromatic heterocycles. The molecule has 0 N–H and O–H groups in total. The first-order chi connectivity index (χ1) is 8.20. The van der Waals surface area contributed by atoms with E-state index in [4.69, 9.17) is 4.74 Å². The van der Waals surface area contributed by atoms with Gasteiger partial charge in [0.1, 0.15) is 5.75 Å². The standard InChI is InChI=1S/C14H19NOS/c1-4-7-16-12-5-6-13(10(2)8-12)14-15-9-11(3)17-14/h5-6,8,11H,4,7,9H2,1-3H3. The molecule has 0 amide bonds. The quantitative estimate of drug-likeness (QED) is 0.812. The average Bonchev–Trinajstić information content (AvgIpc) is 2.73. The molecule has 2 nitrogen and oxygen atoms in total. The molecule has 0 saturated carbocycles. The highest BCUT2D eigenvalue weighted by Crippen LogP contribution is 2.28. The maximum atomic E-state index is 5.63. The van der Waals surface area contributed by atoms with Crippen LogP contribution in [0.1, 0.15) is 31.4 Å². The fourth-order valence-corrected chi connectivity index (χ4v) is 2.85. The van der Waals surface area contributed by atoms with Crippen LogP contribution in [0.25, 0.3) is 0 Å². The van der Waals surface area contributed by atoms with Crippen molar-refractivity contribution in [3.63, 3.8) is 0 Å². The third-order valence-corrected chi connectivity index (χ3v) is 3.83. The molecule has 0 bridgehead atoms. The van der Waals surface area contributed by atoms with Crippen molar-refractivity contribution in [3.05, 3.63) is 29.3 Å². The van der Waals surface area contributed by atoms with Crippen molar-refractivity contribution in [2.24, 2.45) is 4.99 Å². The van der Waals surface area contributed by atoms with Gasteiger partial charge in [-0.15, -0.1) is 11.8 Å². The smallest absolute Gasteiger partial charge is 0.119 e. The molecule has 1 atom stereocenters. The SMILES string of the molecule is CCCOc1ccc(C2=NCC(C)S2)c(C)c1. The zero-order chi connectivity index (χ0) is 12.3. The Morgan fingerprint density at radius 1 is 1.47 bits per heavy atom. The Bertz CT molecular complexity index is 428. The van der Waals surface area contributed by atoms with Crippen LogP contribution in [-0.4, -0.2) is 23.4 Å². The third kappa shape index (κ3) is 3.03. The summed E-state index contributed by atoms with van der Waals surface area (Å²) in [6.45, 7) is 8.18. The van der Waals surface area contributed by atoms with Crippen LogP contribution in [0, 0.1) is 6.92 Å². The number of aliphatic imine (C=N–C) groups is 1. The first-order valence-electron chi connectivity index (χ1n) is 6.15. The van der Waals surface area contributed by atoms with Gasteiger partial charge in [-0.2, -0.15) is 0 Å². The largest absolute Gasteiger partial charge is 0.494 e. The molecule has 2 rings (SSSR count). The summed E-state index contributed by atoms with van der Waals surface area (Å²) in [7, 11) is 0.